The Bertz CT molecular complexity index is 768. The predicted octanol–water partition coefficient (Wildman–Crippen LogP) is 4.58. The Hall–Kier alpha value is -2.33. The normalized spacial score (nSPS) is 14.7. The number of nitrogens with one attached hydrogen (secondary N) is 2. The van der Waals surface area contributed by atoms with Gasteiger partial charge in [0.2, 0.25) is 5.91 Å². The molecule has 1 saturated carbocycles. The second-order valence-corrected chi connectivity index (χ2v) is 7.18. The van der Waals surface area contributed by atoms with Gasteiger partial charge >= 0.3 is 0 Å². The lowest BCUT2D eigenvalue weighted by atomic mass is 9.95. The Morgan fingerprint density at radius 1 is 1.00 bits per heavy atom. The number of amides is 2. The van der Waals surface area contributed by atoms with Crippen LogP contribution in [0.25, 0.3) is 0 Å². The van der Waals surface area contributed by atoms with Gasteiger partial charge in [0, 0.05) is 22.3 Å². The van der Waals surface area contributed by atoms with Gasteiger partial charge in [0.25, 0.3) is 5.91 Å². The third kappa shape index (κ3) is 5.33. The van der Waals surface area contributed by atoms with E-state index in [0.29, 0.717) is 16.3 Å². The molecule has 2 N–H and O–H groups in total. The number of hydrogen-bond acceptors (Lipinski definition) is 2. The molecule has 26 heavy (non-hydrogen) atoms. The molecule has 0 spiro atoms. The molecule has 0 aromatic heterocycles. The van der Waals surface area contributed by atoms with Crippen molar-refractivity contribution in [3.05, 3.63) is 64.7 Å². The molecule has 0 bridgehead atoms. The van der Waals surface area contributed by atoms with E-state index in [1.54, 1.807) is 36.4 Å². The number of rotatable bonds is 5. The Morgan fingerprint density at radius 2 is 1.73 bits per heavy atom. The highest BCUT2D eigenvalue weighted by Crippen LogP contribution is 2.18. The summed E-state index contributed by atoms with van der Waals surface area (Å²) in [4.78, 5) is 24.7. The SMILES string of the molecule is O=C(Cc1ccc(Cl)cc1)Nc1cccc(C(=O)NC2CCCCC2)c1. The van der Waals surface area contributed by atoms with Gasteiger partial charge in [-0.15, -0.1) is 0 Å². The van der Waals surface area contributed by atoms with Crippen molar-refractivity contribution < 1.29 is 9.59 Å². The number of anilines is 1. The van der Waals surface area contributed by atoms with Crippen LogP contribution in [-0.4, -0.2) is 17.9 Å². The van der Waals surface area contributed by atoms with Crippen LogP contribution in [0, 0.1) is 0 Å². The number of carbonyl (C=O) groups is 2. The van der Waals surface area contributed by atoms with E-state index in [9.17, 15) is 9.59 Å². The van der Waals surface area contributed by atoms with Crippen LogP contribution >= 0.6 is 11.6 Å². The number of halogens is 1. The molecule has 2 aromatic rings. The predicted molar refractivity (Wildman–Crippen MR) is 105 cm³/mol. The Kier molecular flexibility index (Phi) is 6.29. The average molecular weight is 371 g/mol. The number of carbonyl (C=O) groups excluding carboxylic acids is 2. The molecule has 1 aliphatic rings. The second-order valence-electron chi connectivity index (χ2n) is 6.74. The molecule has 3 rings (SSSR count). The van der Waals surface area contributed by atoms with E-state index in [-0.39, 0.29) is 24.3 Å². The lowest BCUT2D eigenvalue weighted by Gasteiger charge is -2.22. The summed E-state index contributed by atoms with van der Waals surface area (Å²) in [6.45, 7) is 0. The van der Waals surface area contributed by atoms with E-state index in [1.807, 2.05) is 12.1 Å². The van der Waals surface area contributed by atoms with Gasteiger partial charge in [-0.3, -0.25) is 9.59 Å². The first kappa shape index (κ1) is 18.5. The molecule has 0 saturated heterocycles. The van der Waals surface area contributed by atoms with Crippen LogP contribution < -0.4 is 10.6 Å². The Labute approximate surface area is 158 Å². The largest absolute Gasteiger partial charge is 0.349 e. The monoisotopic (exact) mass is 370 g/mol. The van der Waals surface area contributed by atoms with Crippen molar-refractivity contribution in [1.82, 2.24) is 5.32 Å². The highest BCUT2D eigenvalue weighted by molar-refractivity contribution is 6.30. The van der Waals surface area contributed by atoms with Crippen molar-refractivity contribution in [2.24, 2.45) is 0 Å². The van der Waals surface area contributed by atoms with Crippen molar-refractivity contribution in [2.45, 2.75) is 44.6 Å². The molecule has 5 heteroatoms. The van der Waals surface area contributed by atoms with Gasteiger partial charge in [-0.25, -0.2) is 0 Å². The minimum atomic E-state index is -0.128. The van der Waals surface area contributed by atoms with Gasteiger partial charge < -0.3 is 10.6 Å². The lowest BCUT2D eigenvalue weighted by Crippen LogP contribution is -2.36. The van der Waals surface area contributed by atoms with Crippen molar-refractivity contribution in [1.29, 1.82) is 0 Å². The van der Waals surface area contributed by atoms with Gasteiger partial charge in [0.1, 0.15) is 0 Å². The fraction of sp³-hybridized carbons (Fsp3) is 0.333. The average Bonchev–Trinajstić information content (AvgIpc) is 2.64. The molecule has 0 aliphatic heterocycles. The number of hydrogen-bond donors (Lipinski definition) is 2. The van der Waals surface area contributed by atoms with Crippen LogP contribution in [0.2, 0.25) is 5.02 Å². The summed E-state index contributed by atoms with van der Waals surface area (Å²) >= 11 is 5.86. The van der Waals surface area contributed by atoms with Crippen LogP contribution in [-0.2, 0) is 11.2 Å². The molecule has 0 radical (unpaired) electrons. The van der Waals surface area contributed by atoms with E-state index in [4.69, 9.17) is 11.6 Å². The quantitative estimate of drug-likeness (QED) is 0.809. The highest BCUT2D eigenvalue weighted by atomic mass is 35.5. The maximum Gasteiger partial charge on any atom is 0.251 e. The highest BCUT2D eigenvalue weighted by Gasteiger charge is 2.17. The van der Waals surface area contributed by atoms with E-state index >= 15 is 0 Å². The molecule has 4 nitrogen and oxygen atoms in total. The Balaban J connectivity index is 1.58. The maximum atomic E-state index is 12.4. The van der Waals surface area contributed by atoms with Crippen LogP contribution in [0.4, 0.5) is 5.69 Å². The molecule has 1 aliphatic carbocycles. The smallest absolute Gasteiger partial charge is 0.251 e. The van der Waals surface area contributed by atoms with Crippen LogP contribution in [0.1, 0.15) is 48.0 Å². The van der Waals surface area contributed by atoms with Crippen molar-refractivity contribution in [2.75, 3.05) is 5.32 Å². The third-order valence-electron chi connectivity index (χ3n) is 4.63. The molecule has 2 amide bonds. The summed E-state index contributed by atoms with van der Waals surface area (Å²) in [5.41, 5.74) is 2.08. The molecule has 1 fully saturated rings. The van der Waals surface area contributed by atoms with Crippen molar-refractivity contribution >= 4 is 29.1 Å². The van der Waals surface area contributed by atoms with E-state index in [2.05, 4.69) is 10.6 Å². The second kappa shape index (κ2) is 8.86. The zero-order valence-electron chi connectivity index (χ0n) is 14.6. The summed E-state index contributed by atoms with van der Waals surface area (Å²) in [6.07, 6.45) is 5.95. The molecule has 0 atom stereocenters. The van der Waals surface area contributed by atoms with Crippen LogP contribution in [0.3, 0.4) is 0 Å². The van der Waals surface area contributed by atoms with Crippen molar-refractivity contribution in [3.63, 3.8) is 0 Å². The summed E-state index contributed by atoms with van der Waals surface area (Å²) in [5, 5.41) is 6.59. The molecule has 0 heterocycles. The summed E-state index contributed by atoms with van der Waals surface area (Å²) < 4.78 is 0. The van der Waals surface area contributed by atoms with Gasteiger partial charge in [-0.05, 0) is 48.7 Å². The fourth-order valence-corrected chi connectivity index (χ4v) is 3.37. The maximum absolute atomic E-state index is 12.4. The molecular formula is C21H23ClN2O2. The van der Waals surface area contributed by atoms with E-state index < -0.39 is 0 Å². The van der Waals surface area contributed by atoms with E-state index in [1.165, 1.54) is 19.3 Å². The Morgan fingerprint density at radius 3 is 2.46 bits per heavy atom. The molecule has 136 valence electrons. The summed E-state index contributed by atoms with van der Waals surface area (Å²) in [6, 6.07) is 14.5. The number of benzene rings is 2. The molecule has 0 unspecified atom stereocenters. The minimum absolute atomic E-state index is 0.0781. The van der Waals surface area contributed by atoms with Gasteiger partial charge in [0.05, 0.1) is 6.42 Å². The van der Waals surface area contributed by atoms with Crippen LogP contribution in [0.5, 0.6) is 0 Å². The fourth-order valence-electron chi connectivity index (χ4n) is 3.25. The van der Waals surface area contributed by atoms with Gasteiger partial charge in [0.15, 0.2) is 0 Å². The van der Waals surface area contributed by atoms with Crippen molar-refractivity contribution in [3.8, 4) is 0 Å². The van der Waals surface area contributed by atoms with Gasteiger partial charge in [-0.1, -0.05) is 49.1 Å². The lowest BCUT2D eigenvalue weighted by molar-refractivity contribution is -0.115. The zero-order valence-corrected chi connectivity index (χ0v) is 15.4. The van der Waals surface area contributed by atoms with Crippen LogP contribution in [0.15, 0.2) is 48.5 Å². The topological polar surface area (TPSA) is 58.2 Å². The van der Waals surface area contributed by atoms with E-state index in [0.717, 1.165) is 18.4 Å². The molecular weight excluding hydrogens is 348 g/mol. The summed E-state index contributed by atoms with van der Waals surface area (Å²) in [5.74, 6) is -0.206. The third-order valence-corrected chi connectivity index (χ3v) is 4.88. The zero-order chi connectivity index (χ0) is 18.4. The first-order valence-corrected chi connectivity index (χ1v) is 9.43. The molecule has 2 aromatic carbocycles. The first-order valence-electron chi connectivity index (χ1n) is 9.05. The van der Waals surface area contributed by atoms with Gasteiger partial charge in [-0.2, -0.15) is 0 Å². The standard InChI is InChI=1S/C21H23ClN2O2/c22-17-11-9-15(10-12-17)13-20(25)23-19-8-4-5-16(14-19)21(26)24-18-6-2-1-3-7-18/h4-5,8-12,14,18H,1-3,6-7,13H2,(H,23,25)(H,24,26). The summed E-state index contributed by atoms with van der Waals surface area (Å²) in [7, 11) is 0. The minimum Gasteiger partial charge on any atom is -0.349 e. The first-order chi connectivity index (χ1) is 12.6.